The molecule has 2 aromatic rings. The summed E-state index contributed by atoms with van der Waals surface area (Å²) < 4.78 is 1.79. The first-order valence-electron chi connectivity index (χ1n) is 6.35. The Kier molecular flexibility index (Phi) is 4.37. The molecule has 2 rings (SSSR count). The Morgan fingerprint density at radius 1 is 1.50 bits per heavy atom. The third-order valence-electron chi connectivity index (χ3n) is 2.92. The lowest BCUT2D eigenvalue weighted by Crippen LogP contribution is -2.26. The number of imidazole rings is 1. The van der Waals surface area contributed by atoms with Gasteiger partial charge in [-0.05, 0) is 17.7 Å². The Morgan fingerprint density at radius 3 is 3.00 bits per heavy atom. The van der Waals surface area contributed by atoms with Crippen LogP contribution in [0.25, 0.3) is 0 Å². The number of phenols is 1. The molecule has 106 valence electrons. The van der Waals surface area contributed by atoms with Gasteiger partial charge in [-0.3, -0.25) is 4.79 Å². The molecular weight excluding hydrogens is 256 g/mol. The Morgan fingerprint density at radius 2 is 2.30 bits per heavy atom. The second-order valence-electron chi connectivity index (χ2n) is 4.62. The molecule has 0 atom stereocenters. The van der Waals surface area contributed by atoms with E-state index in [2.05, 4.69) is 4.98 Å². The van der Waals surface area contributed by atoms with E-state index in [4.69, 9.17) is 5.73 Å². The average molecular weight is 274 g/mol. The van der Waals surface area contributed by atoms with Crippen LogP contribution in [0.15, 0.2) is 36.8 Å². The van der Waals surface area contributed by atoms with Gasteiger partial charge < -0.3 is 20.3 Å². The lowest BCUT2D eigenvalue weighted by atomic mass is 10.2. The van der Waals surface area contributed by atoms with E-state index in [0.29, 0.717) is 25.3 Å². The maximum atomic E-state index is 12.2. The largest absolute Gasteiger partial charge is 0.508 e. The fourth-order valence-electron chi connectivity index (χ4n) is 1.94. The third-order valence-corrected chi connectivity index (χ3v) is 2.92. The fourth-order valence-corrected chi connectivity index (χ4v) is 1.94. The molecule has 6 heteroatoms. The smallest absolute Gasteiger partial charge is 0.274 e. The van der Waals surface area contributed by atoms with Crippen LogP contribution in [0.1, 0.15) is 16.1 Å². The fraction of sp³-hybridized carbons (Fsp3) is 0.286. The molecule has 20 heavy (non-hydrogen) atoms. The molecule has 0 aliphatic rings. The topological polar surface area (TPSA) is 84.4 Å². The lowest BCUT2D eigenvalue weighted by Gasteiger charge is -2.16. The van der Waals surface area contributed by atoms with Gasteiger partial charge in [0.25, 0.3) is 5.91 Å². The van der Waals surface area contributed by atoms with Crippen molar-refractivity contribution < 1.29 is 9.90 Å². The number of phenolic OH excluding ortho intramolecular Hbond substituents is 1. The third kappa shape index (κ3) is 3.36. The maximum Gasteiger partial charge on any atom is 0.274 e. The monoisotopic (exact) mass is 274 g/mol. The summed E-state index contributed by atoms with van der Waals surface area (Å²) in [7, 11) is 1.70. The van der Waals surface area contributed by atoms with Crippen molar-refractivity contribution >= 4 is 5.91 Å². The highest BCUT2D eigenvalue weighted by molar-refractivity contribution is 5.91. The number of rotatable bonds is 5. The van der Waals surface area contributed by atoms with E-state index in [1.54, 1.807) is 47.2 Å². The zero-order valence-electron chi connectivity index (χ0n) is 11.4. The standard InChI is InChI=1S/C14H18N4O2/c1-17(8-11-3-2-4-12(19)7-11)14(20)13-9-18(6-5-15)10-16-13/h2-4,7,9-10,19H,5-6,8,15H2,1H3. The van der Waals surface area contributed by atoms with E-state index in [9.17, 15) is 9.90 Å². The van der Waals surface area contributed by atoms with Crippen molar-refractivity contribution in [3.05, 3.63) is 48.0 Å². The molecule has 0 unspecified atom stereocenters. The first kappa shape index (κ1) is 14.1. The highest BCUT2D eigenvalue weighted by atomic mass is 16.3. The average Bonchev–Trinajstić information content (AvgIpc) is 2.87. The number of hydrogen-bond acceptors (Lipinski definition) is 4. The van der Waals surface area contributed by atoms with Crippen molar-refractivity contribution in [3.63, 3.8) is 0 Å². The van der Waals surface area contributed by atoms with Gasteiger partial charge in [-0.25, -0.2) is 4.98 Å². The number of aromatic hydroxyl groups is 1. The minimum atomic E-state index is -0.163. The minimum absolute atomic E-state index is 0.163. The number of carbonyl (C=O) groups is 1. The number of carbonyl (C=O) groups excluding carboxylic acids is 1. The molecule has 0 fully saturated rings. The van der Waals surface area contributed by atoms with Crippen molar-refractivity contribution in [2.75, 3.05) is 13.6 Å². The highest BCUT2D eigenvalue weighted by Gasteiger charge is 2.15. The van der Waals surface area contributed by atoms with Gasteiger partial charge in [-0.15, -0.1) is 0 Å². The molecule has 0 saturated heterocycles. The van der Waals surface area contributed by atoms with Crippen LogP contribution >= 0.6 is 0 Å². The van der Waals surface area contributed by atoms with E-state index < -0.39 is 0 Å². The molecule has 1 aromatic heterocycles. The van der Waals surface area contributed by atoms with Gasteiger partial charge in [0, 0.05) is 32.9 Å². The molecule has 3 N–H and O–H groups in total. The number of nitrogens with zero attached hydrogens (tertiary/aromatic N) is 3. The summed E-state index contributed by atoms with van der Waals surface area (Å²) in [6.07, 6.45) is 3.29. The van der Waals surface area contributed by atoms with Crippen LogP contribution in [0.5, 0.6) is 5.75 Å². The van der Waals surface area contributed by atoms with Crippen molar-refractivity contribution in [3.8, 4) is 5.75 Å². The highest BCUT2D eigenvalue weighted by Crippen LogP contribution is 2.13. The lowest BCUT2D eigenvalue weighted by molar-refractivity contribution is 0.0779. The summed E-state index contributed by atoms with van der Waals surface area (Å²) in [4.78, 5) is 17.8. The molecule has 0 aliphatic heterocycles. The van der Waals surface area contributed by atoms with Gasteiger partial charge in [0.15, 0.2) is 0 Å². The van der Waals surface area contributed by atoms with E-state index >= 15 is 0 Å². The summed E-state index contributed by atoms with van der Waals surface area (Å²) >= 11 is 0. The molecule has 0 saturated carbocycles. The zero-order chi connectivity index (χ0) is 14.5. The molecular formula is C14H18N4O2. The number of aromatic nitrogens is 2. The van der Waals surface area contributed by atoms with E-state index in [1.165, 1.54) is 0 Å². The van der Waals surface area contributed by atoms with Crippen LogP contribution < -0.4 is 5.73 Å². The molecule has 1 aromatic carbocycles. The van der Waals surface area contributed by atoms with Gasteiger partial charge >= 0.3 is 0 Å². The Hall–Kier alpha value is -2.34. The van der Waals surface area contributed by atoms with E-state index in [-0.39, 0.29) is 11.7 Å². The quantitative estimate of drug-likeness (QED) is 0.845. The summed E-state index contributed by atoms with van der Waals surface area (Å²) in [6, 6.07) is 6.84. The number of hydrogen-bond donors (Lipinski definition) is 2. The van der Waals surface area contributed by atoms with Crippen molar-refractivity contribution in [1.82, 2.24) is 14.5 Å². The van der Waals surface area contributed by atoms with Gasteiger partial charge in [0.2, 0.25) is 0 Å². The SMILES string of the molecule is CN(Cc1cccc(O)c1)C(=O)c1cn(CCN)cn1. The normalized spacial score (nSPS) is 10.5. The molecule has 6 nitrogen and oxygen atoms in total. The van der Waals surface area contributed by atoms with Gasteiger partial charge in [0.05, 0.1) is 6.33 Å². The maximum absolute atomic E-state index is 12.2. The molecule has 1 heterocycles. The van der Waals surface area contributed by atoms with Gasteiger partial charge in [-0.2, -0.15) is 0 Å². The van der Waals surface area contributed by atoms with Crippen LogP contribution in [-0.2, 0) is 13.1 Å². The summed E-state index contributed by atoms with van der Waals surface area (Å²) in [6.45, 7) is 1.55. The number of benzene rings is 1. The van der Waals surface area contributed by atoms with Crippen LogP contribution in [0.4, 0.5) is 0 Å². The zero-order valence-corrected chi connectivity index (χ0v) is 11.4. The van der Waals surface area contributed by atoms with Crippen LogP contribution in [-0.4, -0.2) is 39.1 Å². The van der Waals surface area contributed by atoms with Crippen LogP contribution in [0.2, 0.25) is 0 Å². The van der Waals surface area contributed by atoms with E-state index in [1.807, 2.05) is 6.07 Å². The Labute approximate surface area is 117 Å². The number of nitrogens with two attached hydrogens (primary N) is 1. The summed E-state index contributed by atoms with van der Waals surface area (Å²) in [5.74, 6) is 0.0275. The molecule has 0 radical (unpaired) electrons. The predicted octanol–water partition coefficient (Wildman–Crippen LogP) is 0.820. The van der Waals surface area contributed by atoms with E-state index in [0.717, 1.165) is 5.56 Å². The van der Waals surface area contributed by atoms with Crippen molar-refractivity contribution in [1.29, 1.82) is 0 Å². The van der Waals surface area contributed by atoms with Crippen molar-refractivity contribution in [2.24, 2.45) is 5.73 Å². The Bertz CT molecular complexity index is 594. The van der Waals surface area contributed by atoms with Gasteiger partial charge in [0.1, 0.15) is 11.4 Å². The summed E-state index contributed by atoms with van der Waals surface area (Å²) in [5.41, 5.74) is 6.71. The first-order valence-corrected chi connectivity index (χ1v) is 6.35. The number of amides is 1. The minimum Gasteiger partial charge on any atom is -0.508 e. The molecule has 0 spiro atoms. The second-order valence-corrected chi connectivity index (χ2v) is 4.62. The van der Waals surface area contributed by atoms with Gasteiger partial charge in [-0.1, -0.05) is 12.1 Å². The second kappa shape index (κ2) is 6.21. The molecule has 1 amide bonds. The predicted molar refractivity (Wildman–Crippen MR) is 75.2 cm³/mol. The summed E-state index contributed by atoms with van der Waals surface area (Å²) in [5, 5.41) is 9.41. The first-order chi connectivity index (χ1) is 9.60. The van der Waals surface area contributed by atoms with Crippen LogP contribution in [0, 0.1) is 0 Å². The van der Waals surface area contributed by atoms with Crippen LogP contribution in [0.3, 0.4) is 0 Å². The Balaban J connectivity index is 2.04. The van der Waals surface area contributed by atoms with Crippen molar-refractivity contribution in [2.45, 2.75) is 13.1 Å². The molecule has 0 aliphatic carbocycles. The molecule has 0 bridgehead atoms.